The first-order chi connectivity index (χ1) is 9.48. The van der Waals surface area contributed by atoms with E-state index in [-0.39, 0.29) is 10.5 Å². The Morgan fingerprint density at radius 2 is 2.20 bits per heavy atom. The quantitative estimate of drug-likeness (QED) is 0.927. The highest BCUT2D eigenvalue weighted by Gasteiger charge is 2.29. The molecule has 1 saturated heterocycles. The highest BCUT2D eigenvalue weighted by Crippen LogP contribution is 2.26. The SMILES string of the molecule is CCC1CCCN(S(=O)(=O)c2ccc(F)c(CO)c2)C1. The summed E-state index contributed by atoms with van der Waals surface area (Å²) in [5.41, 5.74) is 0.00938. The van der Waals surface area contributed by atoms with Crippen molar-refractivity contribution in [3.05, 3.63) is 29.6 Å². The molecule has 1 fully saturated rings. The van der Waals surface area contributed by atoms with Crippen LogP contribution < -0.4 is 0 Å². The molecule has 1 aromatic rings. The van der Waals surface area contributed by atoms with Gasteiger partial charge in [-0.15, -0.1) is 0 Å². The van der Waals surface area contributed by atoms with Gasteiger partial charge in [-0.2, -0.15) is 4.31 Å². The van der Waals surface area contributed by atoms with Crippen LogP contribution in [0.3, 0.4) is 0 Å². The molecule has 6 heteroatoms. The third kappa shape index (κ3) is 3.02. The molecule has 0 aromatic heterocycles. The molecule has 0 bridgehead atoms. The van der Waals surface area contributed by atoms with Gasteiger partial charge in [0.05, 0.1) is 11.5 Å². The predicted octanol–water partition coefficient (Wildman–Crippen LogP) is 2.13. The van der Waals surface area contributed by atoms with E-state index >= 15 is 0 Å². The summed E-state index contributed by atoms with van der Waals surface area (Å²) in [4.78, 5) is 0.0553. The maximum atomic E-state index is 13.3. The Bertz CT molecular complexity index is 574. The van der Waals surface area contributed by atoms with E-state index in [4.69, 9.17) is 5.11 Å². The van der Waals surface area contributed by atoms with Crippen LogP contribution in [0, 0.1) is 11.7 Å². The second-order valence-corrected chi connectivity index (χ2v) is 7.13. The van der Waals surface area contributed by atoms with Gasteiger partial charge >= 0.3 is 0 Å². The number of benzene rings is 1. The molecule has 1 N–H and O–H groups in total. The zero-order valence-corrected chi connectivity index (χ0v) is 12.4. The normalized spacial score (nSPS) is 21.1. The van der Waals surface area contributed by atoms with Gasteiger partial charge in [-0.05, 0) is 37.0 Å². The fourth-order valence-corrected chi connectivity index (χ4v) is 4.17. The number of piperidine rings is 1. The Morgan fingerprint density at radius 3 is 2.85 bits per heavy atom. The summed E-state index contributed by atoms with van der Waals surface area (Å²) in [6.45, 7) is 2.57. The molecule has 1 atom stereocenters. The molecule has 1 aliphatic rings. The minimum atomic E-state index is -3.60. The average molecular weight is 301 g/mol. The Hall–Kier alpha value is -0.980. The smallest absolute Gasteiger partial charge is 0.243 e. The first-order valence-corrected chi connectivity index (χ1v) is 8.32. The molecule has 20 heavy (non-hydrogen) atoms. The number of halogens is 1. The fourth-order valence-electron chi connectivity index (χ4n) is 2.56. The second kappa shape index (κ2) is 6.20. The van der Waals surface area contributed by atoms with Crippen LogP contribution >= 0.6 is 0 Å². The summed E-state index contributed by atoms with van der Waals surface area (Å²) in [5, 5.41) is 9.05. The van der Waals surface area contributed by atoms with Crippen LogP contribution in [0.4, 0.5) is 4.39 Å². The molecule has 0 spiro atoms. The number of sulfonamides is 1. The highest BCUT2D eigenvalue weighted by molar-refractivity contribution is 7.89. The molecular weight excluding hydrogens is 281 g/mol. The van der Waals surface area contributed by atoms with Gasteiger partial charge in [0.15, 0.2) is 0 Å². The topological polar surface area (TPSA) is 57.6 Å². The molecule has 4 nitrogen and oxygen atoms in total. The zero-order chi connectivity index (χ0) is 14.8. The first-order valence-electron chi connectivity index (χ1n) is 6.88. The van der Waals surface area contributed by atoms with Crippen LogP contribution in [-0.4, -0.2) is 30.9 Å². The van der Waals surface area contributed by atoms with E-state index in [1.165, 1.54) is 16.4 Å². The molecule has 0 aliphatic carbocycles. The molecule has 0 saturated carbocycles. The number of hydrogen-bond acceptors (Lipinski definition) is 3. The summed E-state index contributed by atoms with van der Waals surface area (Å²) in [7, 11) is -3.60. The Balaban J connectivity index is 2.30. The third-order valence-electron chi connectivity index (χ3n) is 3.88. The molecule has 2 rings (SSSR count). The lowest BCUT2D eigenvalue weighted by Gasteiger charge is -2.31. The minimum Gasteiger partial charge on any atom is -0.392 e. The fraction of sp³-hybridized carbons (Fsp3) is 0.571. The zero-order valence-electron chi connectivity index (χ0n) is 11.5. The molecular formula is C14H20FNO3S. The van der Waals surface area contributed by atoms with Gasteiger partial charge in [0, 0.05) is 18.7 Å². The molecule has 1 unspecified atom stereocenters. The first kappa shape index (κ1) is 15.4. The monoisotopic (exact) mass is 301 g/mol. The third-order valence-corrected chi connectivity index (χ3v) is 5.75. The minimum absolute atomic E-state index is 0.00938. The molecule has 0 radical (unpaired) electrons. The summed E-state index contributed by atoms with van der Waals surface area (Å²) in [6.07, 6.45) is 2.86. The summed E-state index contributed by atoms with van der Waals surface area (Å²) in [6, 6.07) is 3.58. The van der Waals surface area contributed by atoms with Crippen molar-refractivity contribution in [2.75, 3.05) is 13.1 Å². The van der Waals surface area contributed by atoms with Crippen molar-refractivity contribution in [1.82, 2.24) is 4.31 Å². The summed E-state index contributed by atoms with van der Waals surface area (Å²) >= 11 is 0. The van der Waals surface area contributed by atoms with Crippen molar-refractivity contribution in [2.45, 2.75) is 37.7 Å². The lowest BCUT2D eigenvalue weighted by atomic mass is 9.97. The van der Waals surface area contributed by atoms with Gasteiger partial charge in [-0.25, -0.2) is 12.8 Å². The van der Waals surface area contributed by atoms with Crippen molar-refractivity contribution in [2.24, 2.45) is 5.92 Å². The Morgan fingerprint density at radius 1 is 1.45 bits per heavy atom. The maximum Gasteiger partial charge on any atom is 0.243 e. The van der Waals surface area contributed by atoms with Crippen LogP contribution in [0.5, 0.6) is 0 Å². The van der Waals surface area contributed by atoms with E-state index in [1.807, 2.05) is 0 Å². The van der Waals surface area contributed by atoms with Gasteiger partial charge < -0.3 is 5.11 Å². The Kier molecular flexibility index (Phi) is 4.78. The van der Waals surface area contributed by atoms with Gasteiger partial charge in [0.2, 0.25) is 10.0 Å². The summed E-state index contributed by atoms with van der Waals surface area (Å²) < 4.78 is 39.9. The van der Waals surface area contributed by atoms with Crippen LogP contribution in [-0.2, 0) is 16.6 Å². The molecule has 1 aliphatic heterocycles. The number of nitrogens with zero attached hydrogens (tertiary/aromatic N) is 1. The van der Waals surface area contributed by atoms with Gasteiger partial charge in [-0.1, -0.05) is 13.3 Å². The largest absolute Gasteiger partial charge is 0.392 e. The van der Waals surface area contributed by atoms with E-state index in [2.05, 4.69) is 6.92 Å². The lowest BCUT2D eigenvalue weighted by Crippen LogP contribution is -2.39. The van der Waals surface area contributed by atoms with E-state index in [0.29, 0.717) is 19.0 Å². The van der Waals surface area contributed by atoms with Crippen LogP contribution in [0.1, 0.15) is 31.7 Å². The number of aliphatic hydroxyl groups excluding tert-OH is 1. The average Bonchev–Trinajstić information content (AvgIpc) is 2.47. The van der Waals surface area contributed by atoms with Crippen molar-refractivity contribution < 1.29 is 17.9 Å². The number of rotatable bonds is 4. The van der Waals surface area contributed by atoms with E-state index in [1.54, 1.807) is 0 Å². The van der Waals surface area contributed by atoms with Crippen molar-refractivity contribution in [1.29, 1.82) is 0 Å². The number of hydrogen-bond donors (Lipinski definition) is 1. The van der Waals surface area contributed by atoms with Gasteiger partial charge in [0.25, 0.3) is 0 Å². The van der Waals surface area contributed by atoms with Gasteiger partial charge in [0.1, 0.15) is 5.82 Å². The molecule has 112 valence electrons. The van der Waals surface area contributed by atoms with Crippen LogP contribution in [0.2, 0.25) is 0 Å². The number of aliphatic hydroxyl groups is 1. The second-order valence-electron chi connectivity index (χ2n) is 5.19. The standard InChI is InChI=1S/C14H20FNO3S/c1-2-11-4-3-7-16(9-11)20(18,19)13-5-6-14(15)12(8-13)10-17/h5-6,8,11,17H,2-4,7,9-10H2,1H3. The lowest BCUT2D eigenvalue weighted by molar-refractivity contribution is 0.261. The predicted molar refractivity (Wildman–Crippen MR) is 74.1 cm³/mol. The van der Waals surface area contributed by atoms with E-state index < -0.39 is 22.4 Å². The maximum absolute atomic E-state index is 13.3. The van der Waals surface area contributed by atoms with Gasteiger partial charge in [-0.3, -0.25) is 0 Å². The van der Waals surface area contributed by atoms with Crippen molar-refractivity contribution in [3.8, 4) is 0 Å². The molecule has 0 amide bonds. The molecule has 1 aromatic carbocycles. The van der Waals surface area contributed by atoms with E-state index in [0.717, 1.165) is 25.3 Å². The summed E-state index contributed by atoms with van der Waals surface area (Å²) in [5.74, 6) is -0.201. The Labute approximate surface area is 119 Å². The van der Waals surface area contributed by atoms with Crippen molar-refractivity contribution >= 4 is 10.0 Å². The van der Waals surface area contributed by atoms with Crippen LogP contribution in [0.25, 0.3) is 0 Å². The molecule has 1 heterocycles. The highest BCUT2D eigenvalue weighted by atomic mass is 32.2. The van der Waals surface area contributed by atoms with Crippen molar-refractivity contribution in [3.63, 3.8) is 0 Å². The van der Waals surface area contributed by atoms with Crippen LogP contribution in [0.15, 0.2) is 23.1 Å². The van der Waals surface area contributed by atoms with E-state index in [9.17, 15) is 12.8 Å².